The van der Waals surface area contributed by atoms with Crippen LogP contribution in [0.3, 0.4) is 0 Å². The number of hydrogen-bond acceptors (Lipinski definition) is 3. The van der Waals surface area contributed by atoms with E-state index in [0.717, 1.165) is 32.3 Å². The quantitative estimate of drug-likeness (QED) is 0.758. The second kappa shape index (κ2) is 4.94. The van der Waals surface area contributed by atoms with Crippen LogP contribution in [0, 0.1) is 11.8 Å². The van der Waals surface area contributed by atoms with Crippen LogP contribution in [0.5, 0.6) is 0 Å². The number of rotatable bonds is 2. The van der Waals surface area contributed by atoms with Crippen molar-refractivity contribution < 1.29 is 9.53 Å². The van der Waals surface area contributed by atoms with Gasteiger partial charge in [-0.15, -0.1) is 0 Å². The lowest BCUT2D eigenvalue weighted by Gasteiger charge is -2.35. The molecule has 0 aromatic rings. The summed E-state index contributed by atoms with van der Waals surface area (Å²) in [5, 5.41) is 3.14. The van der Waals surface area contributed by atoms with Crippen LogP contribution in [0.25, 0.3) is 0 Å². The molecule has 1 aliphatic carbocycles. The highest BCUT2D eigenvalue weighted by Crippen LogP contribution is 2.30. The van der Waals surface area contributed by atoms with Crippen LogP contribution in [0.15, 0.2) is 0 Å². The van der Waals surface area contributed by atoms with Crippen molar-refractivity contribution in [3.8, 4) is 0 Å². The molecule has 1 aliphatic heterocycles. The molecule has 0 bridgehead atoms. The van der Waals surface area contributed by atoms with Gasteiger partial charge >= 0.3 is 0 Å². The first-order chi connectivity index (χ1) is 8.02. The number of carbonyl (C=O) groups is 1. The van der Waals surface area contributed by atoms with Gasteiger partial charge in [-0.25, -0.2) is 0 Å². The summed E-state index contributed by atoms with van der Waals surface area (Å²) >= 11 is 0. The van der Waals surface area contributed by atoms with Gasteiger partial charge in [0, 0.05) is 12.6 Å². The summed E-state index contributed by atoms with van der Waals surface area (Å²) in [6.45, 7) is 5.55. The number of hydrogen-bond donors (Lipinski definition) is 2. The van der Waals surface area contributed by atoms with E-state index in [0.29, 0.717) is 12.5 Å². The van der Waals surface area contributed by atoms with Crippen molar-refractivity contribution in [1.82, 2.24) is 5.32 Å². The SMILES string of the molecule is CC1CCCC(N)C1C(=O)NC1(C)CCOC1. The van der Waals surface area contributed by atoms with Gasteiger partial charge in [-0.3, -0.25) is 4.79 Å². The van der Waals surface area contributed by atoms with Gasteiger partial charge in [-0.1, -0.05) is 13.3 Å². The van der Waals surface area contributed by atoms with Crippen LogP contribution < -0.4 is 11.1 Å². The van der Waals surface area contributed by atoms with Gasteiger partial charge < -0.3 is 15.8 Å². The van der Waals surface area contributed by atoms with Gasteiger partial charge in [-0.2, -0.15) is 0 Å². The van der Waals surface area contributed by atoms with E-state index in [1.54, 1.807) is 0 Å². The summed E-state index contributed by atoms with van der Waals surface area (Å²) in [5.74, 6) is 0.489. The summed E-state index contributed by atoms with van der Waals surface area (Å²) in [6, 6.07) is 0.0182. The fraction of sp³-hybridized carbons (Fsp3) is 0.923. The third kappa shape index (κ3) is 2.80. The van der Waals surface area contributed by atoms with E-state index >= 15 is 0 Å². The second-order valence-electron chi connectivity index (χ2n) is 5.95. The maximum absolute atomic E-state index is 12.3. The highest BCUT2D eigenvalue weighted by atomic mass is 16.5. The molecule has 1 amide bonds. The first-order valence-corrected chi connectivity index (χ1v) is 6.67. The largest absolute Gasteiger partial charge is 0.379 e. The molecule has 1 saturated heterocycles. The zero-order chi connectivity index (χ0) is 12.5. The molecule has 0 aromatic carbocycles. The van der Waals surface area contributed by atoms with Crippen LogP contribution in [-0.2, 0) is 9.53 Å². The van der Waals surface area contributed by atoms with E-state index in [1.807, 2.05) is 0 Å². The maximum Gasteiger partial charge on any atom is 0.225 e. The maximum atomic E-state index is 12.3. The lowest BCUT2D eigenvalue weighted by molar-refractivity contribution is -0.130. The summed E-state index contributed by atoms with van der Waals surface area (Å²) in [6.07, 6.45) is 4.12. The topological polar surface area (TPSA) is 64.4 Å². The zero-order valence-electron chi connectivity index (χ0n) is 10.9. The molecule has 4 unspecified atom stereocenters. The van der Waals surface area contributed by atoms with Crippen molar-refractivity contribution in [2.75, 3.05) is 13.2 Å². The Hall–Kier alpha value is -0.610. The predicted molar refractivity (Wildman–Crippen MR) is 66.5 cm³/mol. The molecule has 4 heteroatoms. The molecule has 4 nitrogen and oxygen atoms in total. The third-order valence-electron chi connectivity index (χ3n) is 4.22. The smallest absolute Gasteiger partial charge is 0.225 e. The highest BCUT2D eigenvalue weighted by Gasteiger charge is 2.38. The average Bonchev–Trinajstić information content (AvgIpc) is 2.64. The monoisotopic (exact) mass is 240 g/mol. The first kappa shape index (κ1) is 12.8. The van der Waals surface area contributed by atoms with Gasteiger partial charge in [0.2, 0.25) is 5.91 Å². The van der Waals surface area contributed by atoms with Crippen LogP contribution in [-0.4, -0.2) is 30.7 Å². The molecule has 3 N–H and O–H groups in total. The summed E-state index contributed by atoms with van der Waals surface area (Å²) in [4.78, 5) is 12.3. The Morgan fingerprint density at radius 1 is 1.47 bits per heavy atom. The van der Waals surface area contributed by atoms with Crippen LogP contribution in [0.2, 0.25) is 0 Å². The summed E-state index contributed by atoms with van der Waals surface area (Å²) < 4.78 is 5.36. The van der Waals surface area contributed by atoms with Crippen molar-refractivity contribution in [3.63, 3.8) is 0 Å². The lowest BCUT2D eigenvalue weighted by Crippen LogP contribution is -2.54. The van der Waals surface area contributed by atoms with Gasteiger partial charge in [0.25, 0.3) is 0 Å². The molecule has 2 rings (SSSR count). The Morgan fingerprint density at radius 3 is 2.82 bits per heavy atom. The molecule has 98 valence electrons. The standard InChI is InChI=1S/C13H24N2O2/c1-9-4-3-5-10(14)11(9)12(16)15-13(2)6-7-17-8-13/h9-11H,3-8,14H2,1-2H3,(H,15,16). The Kier molecular flexibility index (Phi) is 3.73. The fourth-order valence-electron chi connectivity index (χ4n) is 3.06. The molecule has 1 heterocycles. The van der Waals surface area contributed by atoms with Gasteiger partial charge in [0.05, 0.1) is 18.1 Å². The molecule has 17 heavy (non-hydrogen) atoms. The average molecular weight is 240 g/mol. The summed E-state index contributed by atoms with van der Waals surface area (Å²) in [5.41, 5.74) is 5.91. The minimum atomic E-state index is -0.187. The molecule has 1 saturated carbocycles. The minimum Gasteiger partial charge on any atom is -0.379 e. The molecule has 4 atom stereocenters. The number of nitrogens with one attached hydrogen (secondary N) is 1. The first-order valence-electron chi connectivity index (χ1n) is 6.67. The van der Waals surface area contributed by atoms with Crippen molar-refractivity contribution in [2.24, 2.45) is 17.6 Å². The Morgan fingerprint density at radius 2 is 2.24 bits per heavy atom. The number of nitrogens with two attached hydrogens (primary N) is 1. The van der Waals surface area contributed by atoms with Crippen LogP contribution in [0.1, 0.15) is 39.5 Å². The lowest BCUT2D eigenvalue weighted by atomic mass is 9.76. The van der Waals surface area contributed by atoms with E-state index in [4.69, 9.17) is 10.5 Å². The van der Waals surface area contributed by atoms with Crippen molar-refractivity contribution in [3.05, 3.63) is 0 Å². The molecule has 2 fully saturated rings. The molecule has 0 spiro atoms. The van der Waals surface area contributed by atoms with E-state index < -0.39 is 0 Å². The molecule has 0 aromatic heterocycles. The van der Waals surface area contributed by atoms with E-state index in [-0.39, 0.29) is 23.4 Å². The van der Waals surface area contributed by atoms with E-state index in [9.17, 15) is 4.79 Å². The normalized spacial score (nSPS) is 42.4. The van der Waals surface area contributed by atoms with Crippen LogP contribution in [0.4, 0.5) is 0 Å². The van der Waals surface area contributed by atoms with Crippen molar-refractivity contribution >= 4 is 5.91 Å². The van der Waals surface area contributed by atoms with Crippen molar-refractivity contribution in [2.45, 2.75) is 51.1 Å². The molecule has 0 radical (unpaired) electrons. The molecular formula is C13H24N2O2. The number of carbonyl (C=O) groups excluding carboxylic acids is 1. The fourth-order valence-corrected chi connectivity index (χ4v) is 3.06. The highest BCUT2D eigenvalue weighted by molar-refractivity contribution is 5.80. The van der Waals surface area contributed by atoms with Crippen molar-refractivity contribution in [1.29, 1.82) is 0 Å². The Labute approximate surface area is 103 Å². The Balaban J connectivity index is 1.98. The predicted octanol–water partition coefficient (Wildman–Crippen LogP) is 1.05. The van der Waals surface area contributed by atoms with Crippen LogP contribution >= 0.6 is 0 Å². The molecule has 2 aliphatic rings. The third-order valence-corrected chi connectivity index (χ3v) is 4.22. The molecular weight excluding hydrogens is 216 g/mol. The second-order valence-corrected chi connectivity index (χ2v) is 5.95. The Bertz CT molecular complexity index is 277. The summed E-state index contributed by atoms with van der Waals surface area (Å²) in [7, 11) is 0. The van der Waals surface area contributed by atoms with Gasteiger partial charge in [-0.05, 0) is 32.1 Å². The van der Waals surface area contributed by atoms with Gasteiger partial charge in [0.15, 0.2) is 0 Å². The zero-order valence-corrected chi connectivity index (χ0v) is 10.9. The van der Waals surface area contributed by atoms with E-state index in [2.05, 4.69) is 19.2 Å². The number of amides is 1. The minimum absolute atomic E-state index is 0.0182. The van der Waals surface area contributed by atoms with Gasteiger partial charge in [0.1, 0.15) is 0 Å². The number of ether oxygens (including phenoxy) is 1. The van der Waals surface area contributed by atoms with E-state index in [1.165, 1.54) is 0 Å².